The Labute approximate surface area is 188 Å². The normalized spacial score (nSPS) is 31.9. The van der Waals surface area contributed by atoms with Crippen molar-refractivity contribution >= 4 is 22.7 Å². The largest absolute Gasteiger partial charge is 0.508 e. The number of nitrogens with zero attached hydrogens (tertiary/aromatic N) is 1. The van der Waals surface area contributed by atoms with Gasteiger partial charge in [-0.25, -0.2) is 0 Å². The number of fused-ring (bicyclic) bond motifs is 4. The predicted molar refractivity (Wildman–Crippen MR) is 122 cm³/mol. The Morgan fingerprint density at radius 1 is 1.28 bits per heavy atom. The third-order valence-corrected chi connectivity index (χ3v) is 8.86. The summed E-state index contributed by atoms with van der Waals surface area (Å²) in [4.78, 5) is 32.7. The Balaban J connectivity index is 1.57. The number of H-pyrrole nitrogens is 1. The highest BCUT2D eigenvalue weighted by Crippen LogP contribution is 2.59. The number of hydrogen-bond acceptors (Lipinski definition) is 3. The number of phenols is 1. The monoisotopic (exact) mass is 433 g/mol. The Morgan fingerprint density at radius 2 is 2.06 bits per heavy atom. The molecule has 6 nitrogen and oxygen atoms in total. The molecule has 3 N–H and O–H groups in total. The molecule has 6 heteroatoms. The van der Waals surface area contributed by atoms with Gasteiger partial charge in [-0.05, 0) is 57.2 Å². The van der Waals surface area contributed by atoms with E-state index in [1.807, 2.05) is 11.0 Å². The van der Waals surface area contributed by atoms with E-state index < -0.39 is 11.1 Å². The standard InChI is InChI=1S/C26H31N3O3/c1-14(2)6-7-16-18(30)9-8-15-17-12-26-19(24(3,4)21(17)27-20(15)16)13-25(22(31)28-26)10-5-11-29(25)23(26)32/h6,8-9,19,27,30H,5,7,10-13H2,1-4H3,(H,28,31)/t19-,25-,26-/m0/s1. The molecule has 4 saturated heterocycles. The van der Waals surface area contributed by atoms with E-state index in [0.717, 1.165) is 47.0 Å². The number of aromatic amines is 1. The first-order chi connectivity index (χ1) is 15.1. The van der Waals surface area contributed by atoms with Crippen molar-refractivity contribution in [2.45, 2.75) is 76.3 Å². The second kappa shape index (κ2) is 5.97. The summed E-state index contributed by atoms with van der Waals surface area (Å²) in [6.07, 6.45) is 5.64. The number of nitrogens with one attached hydrogen (secondary N) is 2. The van der Waals surface area contributed by atoms with E-state index in [4.69, 9.17) is 0 Å². The van der Waals surface area contributed by atoms with Crippen LogP contribution < -0.4 is 5.32 Å². The van der Waals surface area contributed by atoms with Crippen LogP contribution >= 0.6 is 0 Å². The molecule has 5 aliphatic rings. The lowest BCUT2D eigenvalue weighted by molar-refractivity contribution is -0.179. The summed E-state index contributed by atoms with van der Waals surface area (Å²) >= 11 is 0. The number of carbonyl (C=O) groups excluding carboxylic acids is 2. The summed E-state index contributed by atoms with van der Waals surface area (Å²) in [5.74, 6) is 0.450. The van der Waals surface area contributed by atoms with Crippen molar-refractivity contribution in [3.8, 4) is 5.75 Å². The first-order valence-electron chi connectivity index (χ1n) is 11.8. The minimum absolute atomic E-state index is 0.0324. The molecule has 2 bridgehead atoms. The van der Waals surface area contributed by atoms with Crippen LogP contribution in [0.25, 0.3) is 10.9 Å². The van der Waals surface area contributed by atoms with E-state index in [1.165, 1.54) is 5.57 Å². The predicted octanol–water partition coefficient (Wildman–Crippen LogP) is 3.47. The van der Waals surface area contributed by atoms with Gasteiger partial charge in [0.05, 0.1) is 5.52 Å². The van der Waals surface area contributed by atoms with Crippen LogP contribution in [0, 0.1) is 5.92 Å². The zero-order valence-corrected chi connectivity index (χ0v) is 19.3. The molecule has 0 saturated carbocycles. The second-order valence-corrected chi connectivity index (χ2v) is 11.1. The number of phenolic OH excluding ortho intramolecular Hbond substituents is 1. The highest BCUT2D eigenvalue weighted by Gasteiger charge is 2.72. The van der Waals surface area contributed by atoms with Crippen molar-refractivity contribution in [2.75, 3.05) is 6.54 Å². The molecule has 1 aromatic carbocycles. The minimum atomic E-state index is -0.882. The summed E-state index contributed by atoms with van der Waals surface area (Å²) in [5.41, 5.74) is 3.40. The first kappa shape index (κ1) is 19.9. The summed E-state index contributed by atoms with van der Waals surface area (Å²) < 4.78 is 0. The van der Waals surface area contributed by atoms with Gasteiger partial charge in [0, 0.05) is 40.9 Å². The molecule has 0 radical (unpaired) electrons. The van der Waals surface area contributed by atoms with Crippen LogP contribution in [-0.4, -0.2) is 44.4 Å². The molecule has 1 aromatic heterocycles. The molecule has 1 aliphatic carbocycles. The van der Waals surface area contributed by atoms with Crippen molar-refractivity contribution in [1.29, 1.82) is 0 Å². The zero-order valence-electron chi connectivity index (χ0n) is 19.3. The molecule has 3 atom stereocenters. The number of piperazine rings is 1. The van der Waals surface area contributed by atoms with Gasteiger partial charge in [-0.2, -0.15) is 0 Å². The lowest BCUT2D eigenvalue weighted by Crippen LogP contribution is -2.84. The minimum Gasteiger partial charge on any atom is -0.508 e. The van der Waals surface area contributed by atoms with Crippen LogP contribution in [0.5, 0.6) is 5.75 Å². The van der Waals surface area contributed by atoms with Crippen LogP contribution in [0.3, 0.4) is 0 Å². The quantitative estimate of drug-likeness (QED) is 0.634. The molecular weight excluding hydrogens is 402 g/mol. The lowest BCUT2D eigenvalue weighted by atomic mass is 9.51. The number of benzene rings is 1. The van der Waals surface area contributed by atoms with Crippen molar-refractivity contribution in [1.82, 2.24) is 15.2 Å². The van der Waals surface area contributed by atoms with E-state index in [1.54, 1.807) is 6.07 Å². The fraction of sp³-hybridized carbons (Fsp3) is 0.538. The Morgan fingerprint density at radius 3 is 2.81 bits per heavy atom. The van der Waals surface area contributed by atoms with Gasteiger partial charge in [0.25, 0.3) is 0 Å². The van der Waals surface area contributed by atoms with E-state index in [-0.39, 0.29) is 28.9 Å². The smallest absolute Gasteiger partial charge is 0.249 e. The topological polar surface area (TPSA) is 85.4 Å². The van der Waals surface area contributed by atoms with Crippen LogP contribution in [0.2, 0.25) is 0 Å². The third kappa shape index (κ3) is 2.16. The zero-order chi connectivity index (χ0) is 22.6. The molecule has 2 spiro atoms. The fourth-order valence-electron chi connectivity index (χ4n) is 7.26. The summed E-state index contributed by atoms with van der Waals surface area (Å²) in [6, 6.07) is 3.71. The molecule has 4 aliphatic heterocycles. The van der Waals surface area contributed by atoms with Gasteiger partial charge in [-0.1, -0.05) is 25.5 Å². The average molecular weight is 434 g/mol. The maximum Gasteiger partial charge on any atom is 0.249 e. The van der Waals surface area contributed by atoms with E-state index >= 15 is 0 Å². The number of allylic oxidation sites excluding steroid dienone is 2. The van der Waals surface area contributed by atoms with Crippen molar-refractivity contribution < 1.29 is 14.7 Å². The Kier molecular flexibility index (Phi) is 3.71. The SMILES string of the molecule is CC(C)=CCc1c(O)ccc2c3c([nH]c12)C(C)(C)[C@@H]1C[C@]24CCCN2C(=O)[C@@]1(C3)NC4=O. The second-order valence-electron chi connectivity index (χ2n) is 11.1. The number of carbonyl (C=O) groups is 2. The maximum atomic E-state index is 13.9. The molecule has 0 unspecified atom stereocenters. The number of hydrogen-bond donors (Lipinski definition) is 3. The number of rotatable bonds is 2. The van der Waals surface area contributed by atoms with Crippen LogP contribution in [-0.2, 0) is 27.8 Å². The number of amides is 2. The van der Waals surface area contributed by atoms with E-state index in [9.17, 15) is 14.7 Å². The Bertz CT molecular complexity index is 1230. The molecule has 32 heavy (non-hydrogen) atoms. The molecule has 168 valence electrons. The van der Waals surface area contributed by atoms with Crippen molar-refractivity contribution in [2.24, 2.45) is 5.92 Å². The van der Waals surface area contributed by atoms with Crippen molar-refractivity contribution in [3.63, 3.8) is 0 Å². The summed E-state index contributed by atoms with van der Waals surface area (Å²) in [6.45, 7) is 9.21. The van der Waals surface area contributed by atoms with Gasteiger partial charge in [0.2, 0.25) is 11.8 Å². The number of aromatic nitrogens is 1. The average Bonchev–Trinajstić information content (AvgIpc) is 3.32. The Hall–Kier alpha value is -2.76. The molecule has 2 aromatic rings. The fourth-order valence-corrected chi connectivity index (χ4v) is 7.26. The molecule has 4 fully saturated rings. The molecule has 5 heterocycles. The van der Waals surface area contributed by atoms with Gasteiger partial charge in [-0.3, -0.25) is 9.59 Å². The van der Waals surface area contributed by atoms with Crippen LogP contribution in [0.15, 0.2) is 23.8 Å². The lowest BCUT2D eigenvalue weighted by Gasteiger charge is -2.64. The number of piperidine rings is 2. The first-order valence-corrected chi connectivity index (χ1v) is 11.8. The van der Waals surface area contributed by atoms with E-state index in [2.05, 4.69) is 44.1 Å². The van der Waals surface area contributed by atoms with Crippen LogP contribution in [0.1, 0.15) is 63.8 Å². The molecule has 2 amide bonds. The van der Waals surface area contributed by atoms with Gasteiger partial charge < -0.3 is 20.3 Å². The maximum absolute atomic E-state index is 13.9. The third-order valence-electron chi connectivity index (χ3n) is 8.86. The van der Waals surface area contributed by atoms with Crippen LogP contribution in [0.4, 0.5) is 0 Å². The van der Waals surface area contributed by atoms with Crippen molar-refractivity contribution in [3.05, 3.63) is 40.6 Å². The van der Waals surface area contributed by atoms with Gasteiger partial charge in [0.1, 0.15) is 16.8 Å². The van der Waals surface area contributed by atoms with Gasteiger partial charge in [0.15, 0.2) is 0 Å². The highest BCUT2D eigenvalue weighted by atomic mass is 16.3. The van der Waals surface area contributed by atoms with E-state index in [0.29, 0.717) is 19.4 Å². The highest BCUT2D eigenvalue weighted by molar-refractivity contribution is 6.06. The summed E-state index contributed by atoms with van der Waals surface area (Å²) in [7, 11) is 0. The number of aromatic hydroxyl groups is 1. The van der Waals surface area contributed by atoms with Gasteiger partial charge >= 0.3 is 0 Å². The van der Waals surface area contributed by atoms with Gasteiger partial charge in [-0.15, -0.1) is 0 Å². The summed E-state index contributed by atoms with van der Waals surface area (Å²) in [5, 5.41) is 14.9. The molecule has 7 rings (SSSR count). The molecular formula is C26H31N3O3.